The molecular formula is C7H11NO2. The Morgan fingerprint density at radius 1 is 1.80 bits per heavy atom. The third kappa shape index (κ3) is 1.29. The molecule has 3 nitrogen and oxygen atoms in total. The van der Waals surface area contributed by atoms with Gasteiger partial charge in [-0.05, 0) is 13.3 Å². The van der Waals surface area contributed by atoms with Gasteiger partial charge in [-0.3, -0.25) is 0 Å². The second-order valence-corrected chi connectivity index (χ2v) is 2.43. The molecule has 0 bridgehead atoms. The summed E-state index contributed by atoms with van der Waals surface area (Å²) >= 11 is 0. The van der Waals surface area contributed by atoms with E-state index in [-0.39, 0.29) is 6.04 Å². The van der Waals surface area contributed by atoms with Crippen molar-refractivity contribution in [3.05, 3.63) is 12.2 Å². The highest BCUT2D eigenvalue weighted by Crippen LogP contribution is 2.08. The van der Waals surface area contributed by atoms with Crippen LogP contribution in [0.15, 0.2) is 12.2 Å². The van der Waals surface area contributed by atoms with E-state index in [0.717, 1.165) is 6.42 Å². The van der Waals surface area contributed by atoms with Crippen molar-refractivity contribution < 1.29 is 9.90 Å². The number of carbonyl (C=O) groups is 1. The lowest BCUT2D eigenvalue weighted by atomic mass is 10.2. The standard InChI is InChI=1S/C7H11NO2/c1-6-4-2-3-5-8(6)7(9)10/h2,4,6H,3,5H2,1H3,(H,9,10). The molecule has 1 aliphatic rings. The predicted octanol–water partition coefficient (Wildman–Crippen LogP) is 1.31. The maximum atomic E-state index is 10.5. The first-order valence-corrected chi connectivity index (χ1v) is 3.38. The summed E-state index contributed by atoms with van der Waals surface area (Å²) in [6, 6.07) is 0.0475. The Hall–Kier alpha value is -0.990. The molecule has 1 aliphatic heterocycles. The monoisotopic (exact) mass is 141 g/mol. The van der Waals surface area contributed by atoms with Crippen LogP contribution in [-0.4, -0.2) is 28.7 Å². The van der Waals surface area contributed by atoms with Crippen molar-refractivity contribution in [2.24, 2.45) is 0 Å². The van der Waals surface area contributed by atoms with Gasteiger partial charge in [-0.1, -0.05) is 12.2 Å². The van der Waals surface area contributed by atoms with E-state index in [1.165, 1.54) is 4.90 Å². The van der Waals surface area contributed by atoms with Gasteiger partial charge in [-0.2, -0.15) is 0 Å². The zero-order valence-electron chi connectivity index (χ0n) is 5.95. The van der Waals surface area contributed by atoms with E-state index in [0.29, 0.717) is 6.54 Å². The van der Waals surface area contributed by atoms with E-state index in [2.05, 4.69) is 0 Å². The smallest absolute Gasteiger partial charge is 0.407 e. The molecule has 1 amide bonds. The predicted molar refractivity (Wildman–Crippen MR) is 37.9 cm³/mol. The molecule has 10 heavy (non-hydrogen) atoms. The Kier molecular flexibility index (Phi) is 1.94. The second-order valence-electron chi connectivity index (χ2n) is 2.43. The molecule has 0 spiro atoms. The van der Waals surface area contributed by atoms with Gasteiger partial charge in [0.2, 0.25) is 0 Å². The number of amides is 1. The van der Waals surface area contributed by atoms with Crippen molar-refractivity contribution in [1.29, 1.82) is 0 Å². The van der Waals surface area contributed by atoms with Crippen LogP contribution in [0.4, 0.5) is 4.79 Å². The van der Waals surface area contributed by atoms with Crippen LogP contribution in [0.1, 0.15) is 13.3 Å². The summed E-state index contributed by atoms with van der Waals surface area (Å²) in [7, 11) is 0. The molecule has 0 radical (unpaired) electrons. The quantitative estimate of drug-likeness (QED) is 0.517. The average molecular weight is 141 g/mol. The van der Waals surface area contributed by atoms with E-state index < -0.39 is 6.09 Å². The minimum Gasteiger partial charge on any atom is -0.465 e. The van der Waals surface area contributed by atoms with Gasteiger partial charge in [0.15, 0.2) is 0 Å². The van der Waals surface area contributed by atoms with Crippen molar-refractivity contribution in [1.82, 2.24) is 4.90 Å². The van der Waals surface area contributed by atoms with Crippen molar-refractivity contribution in [2.45, 2.75) is 19.4 Å². The summed E-state index contributed by atoms with van der Waals surface area (Å²) in [5.41, 5.74) is 0. The van der Waals surface area contributed by atoms with E-state index in [4.69, 9.17) is 5.11 Å². The zero-order valence-corrected chi connectivity index (χ0v) is 5.95. The lowest BCUT2D eigenvalue weighted by molar-refractivity contribution is 0.135. The van der Waals surface area contributed by atoms with Crippen LogP contribution in [0, 0.1) is 0 Å². The van der Waals surface area contributed by atoms with Gasteiger partial charge >= 0.3 is 6.09 Å². The molecule has 0 aliphatic carbocycles. The van der Waals surface area contributed by atoms with E-state index in [1.54, 1.807) is 0 Å². The average Bonchev–Trinajstić information content (AvgIpc) is 1.88. The minimum atomic E-state index is -0.822. The summed E-state index contributed by atoms with van der Waals surface area (Å²) < 4.78 is 0. The number of carboxylic acid groups (broad SMARTS) is 1. The molecule has 0 aromatic rings. The van der Waals surface area contributed by atoms with Crippen molar-refractivity contribution in [2.75, 3.05) is 6.54 Å². The Balaban J connectivity index is 2.60. The summed E-state index contributed by atoms with van der Waals surface area (Å²) in [4.78, 5) is 11.9. The van der Waals surface area contributed by atoms with Gasteiger partial charge in [0.1, 0.15) is 0 Å². The Bertz CT molecular complexity index is 165. The maximum absolute atomic E-state index is 10.5. The molecule has 0 aromatic carbocycles. The van der Waals surface area contributed by atoms with Crippen LogP contribution < -0.4 is 0 Å². The SMILES string of the molecule is CC1C=CCCN1C(=O)O. The molecule has 1 unspecified atom stereocenters. The Morgan fingerprint density at radius 2 is 2.50 bits per heavy atom. The number of hydrogen-bond acceptors (Lipinski definition) is 1. The van der Waals surface area contributed by atoms with Crippen LogP contribution in [0.3, 0.4) is 0 Å². The first-order chi connectivity index (χ1) is 4.72. The molecule has 0 fully saturated rings. The number of rotatable bonds is 0. The number of hydrogen-bond donors (Lipinski definition) is 1. The van der Waals surface area contributed by atoms with Gasteiger partial charge in [0.05, 0.1) is 6.04 Å². The highest BCUT2D eigenvalue weighted by Gasteiger charge is 2.17. The van der Waals surface area contributed by atoms with E-state index >= 15 is 0 Å². The molecule has 1 heterocycles. The molecule has 0 saturated carbocycles. The molecule has 1 rings (SSSR count). The molecule has 0 saturated heterocycles. The largest absolute Gasteiger partial charge is 0.465 e. The van der Waals surface area contributed by atoms with E-state index in [9.17, 15) is 4.79 Å². The summed E-state index contributed by atoms with van der Waals surface area (Å²) in [5, 5.41) is 8.60. The molecule has 1 atom stereocenters. The molecular weight excluding hydrogens is 130 g/mol. The molecule has 0 aromatic heterocycles. The molecule has 3 heteroatoms. The van der Waals surface area contributed by atoms with Crippen molar-refractivity contribution >= 4 is 6.09 Å². The van der Waals surface area contributed by atoms with Crippen LogP contribution in [0.5, 0.6) is 0 Å². The summed E-state index contributed by atoms with van der Waals surface area (Å²) in [5.74, 6) is 0. The normalized spacial score (nSPS) is 24.9. The Labute approximate surface area is 59.9 Å². The van der Waals surface area contributed by atoms with Gasteiger partial charge in [0.25, 0.3) is 0 Å². The van der Waals surface area contributed by atoms with Crippen LogP contribution >= 0.6 is 0 Å². The third-order valence-corrected chi connectivity index (χ3v) is 1.69. The number of nitrogens with zero attached hydrogens (tertiary/aromatic N) is 1. The van der Waals surface area contributed by atoms with Crippen molar-refractivity contribution in [3.63, 3.8) is 0 Å². The van der Waals surface area contributed by atoms with Crippen LogP contribution in [-0.2, 0) is 0 Å². The molecule has 1 N–H and O–H groups in total. The minimum absolute atomic E-state index is 0.0475. The van der Waals surface area contributed by atoms with Crippen molar-refractivity contribution in [3.8, 4) is 0 Å². The third-order valence-electron chi connectivity index (χ3n) is 1.69. The maximum Gasteiger partial charge on any atom is 0.407 e. The van der Waals surface area contributed by atoms with E-state index in [1.807, 2.05) is 19.1 Å². The van der Waals surface area contributed by atoms with Gasteiger partial charge < -0.3 is 10.0 Å². The van der Waals surface area contributed by atoms with Gasteiger partial charge in [0, 0.05) is 6.54 Å². The summed E-state index contributed by atoms with van der Waals surface area (Å²) in [6.45, 7) is 2.51. The lowest BCUT2D eigenvalue weighted by Crippen LogP contribution is -2.38. The fourth-order valence-corrected chi connectivity index (χ4v) is 1.08. The lowest BCUT2D eigenvalue weighted by Gasteiger charge is -2.26. The van der Waals surface area contributed by atoms with Gasteiger partial charge in [-0.15, -0.1) is 0 Å². The summed E-state index contributed by atoms with van der Waals surface area (Å²) in [6.07, 6.45) is 3.95. The second kappa shape index (κ2) is 2.73. The topological polar surface area (TPSA) is 40.5 Å². The highest BCUT2D eigenvalue weighted by molar-refractivity contribution is 5.65. The zero-order chi connectivity index (χ0) is 7.56. The fraction of sp³-hybridized carbons (Fsp3) is 0.571. The van der Waals surface area contributed by atoms with Crippen LogP contribution in [0.25, 0.3) is 0 Å². The highest BCUT2D eigenvalue weighted by atomic mass is 16.4. The van der Waals surface area contributed by atoms with Gasteiger partial charge in [-0.25, -0.2) is 4.79 Å². The Morgan fingerprint density at radius 3 is 2.90 bits per heavy atom. The first kappa shape index (κ1) is 7.12. The fourth-order valence-electron chi connectivity index (χ4n) is 1.08. The van der Waals surface area contributed by atoms with Crippen LogP contribution in [0.2, 0.25) is 0 Å². The first-order valence-electron chi connectivity index (χ1n) is 3.38. The molecule has 56 valence electrons.